The Labute approximate surface area is 103 Å². The molecule has 0 fully saturated rings. The van der Waals surface area contributed by atoms with Crippen LogP contribution in [0.4, 0.5) is 0 Å². The standard InChI is InChI=1S/C15H18N2/c1-3-12-6-8-13(9-7-12)15(2,16)14-5-4-10-17-11-14/h4-11H,3,16H2,1-2H3. The third-order valence-corrected chi connectivity index (χ3v) is 3.22. The zero-order valence-electron chi connectivity index (χ0n) is 10.4. The summed E-state index contributed by atoms with van der Waals surface area (Å²) in [5.74, 6) is 0. The van der Waals surface area contributed by atoms with Crippen molar-refractivity contribution in [2.45, 2.75) is 25.8 Å². The molecule has 2 rings (SSSR count). The topological polar surface area (TPSA) is 38.9 Å². The van der Waals surface area contributed by atoms with Crippen LogP contribution in [0.25, 0.3) is 0 Å². The number of aromatic nitrogens is 1. The molecule has 0 radical (unpaired) electrons. The highest BCUT2D eigenvalue weighted by molar-refractivity contribution is 5.36. The monoisotopic (exact) mass is 226 g/mol. The van der Waals surface area contributed by atoms with Crippen LogP contribution in [0.2, 0.25) is 0 Å². The van der Waals surface area contributed by atoms with Gasteiger partial charge in [-0.05, 0) is 36.1 Å². The van der Waals surface area contributed by atoms with Crippen LogP contribution in [0, 0.1) is 0 Å². The van der Waals surface area contributed by atoms with Gasteiger partial charge in [-0.25, -0.2) is 0 Å². The molecule has 2 heteroatoms. The van der Waals surface area contributed by atoms with Gasteiger partial charge < -0.3 is 5.73 Å². The van der Waals surface area contributed by atoms with Crippen molar-refractivity contribution in [1.82, 2.24) is 4.98 Å². The highest BCUT2D eigenvalue weighted by Gasteiger charge is 2.23. The number of nitrogens with zero attached hydrogens (tertiary/aromatic N) is 1. The highest BCUT2D eigenvalue weighted by Crippen LogP contribution is 2.25. The zero-order chi connectivity index (χ0) is 12.3. The van der Waals surface area contributed by atoms with Crippen molar-refractivity contribution in [2.24, 2.45) is 5.73 Å². The molecular formula is C15H18N2. The van der Waals surface area contributed by atoms with E-state index in [2.05, 4.69) is 36.2 Å². The summed E-state index contributed by atoms with van der Waals surface area (Å²) in [4.78, 5) is 4.13. The Morgan fingerprint density at radius 1 is 1.12 bits per heavy atom. The third-order valence-electron chi connectivity index (χ3n) is 3.22. The van der Waals surface area contributed by atoms with E-state index in [1.807, 2.05) is 25.3 Å². The number of hydrogen-bond donors (Lipinski definition) is 1. The van der Waals surface area contributed by atoms with Crippen molar-refractivity contribution in [3.05, 3.63) is 65.5 Å². The van der Waals surface area contributed by atoms with E-state index in [9.17, 15) is 0 Å². The van der Waals surface area contributed by atoms with Gasteiger partial charge in [-0.2, -0.15) is 0 Å². The summed E-state index contributed by atoms with van der Waals surface area (Å²) < 4.78 is 0. The second-order valence-electron chi connectivity index (χ2n) is 4.49. The van der Waals surface area contributed by atoms with Crippen LogP contribution < -0.4 is 5.73 Å². The maximum Gasteiger partial charge on any atom is 0.0652 e. The van der Waals surface area contributed by atoms with E-state index in [1.54, 1.807) is 6.20 Å². The first-order chi connectivity index (χ1) is 8.14. The molecule has 17 heavy (non-hydrogen) atoms. The number of nitrogens with two attached hydrogens (primary N) is 1. The summed E-state index contributed by atoms with van der Waals surface area (Å²) in [6.45, 7) is 4.17. The fourth-order valence-corrected chi connectivity index (χ4v) is 1.92. The van der Waals surface area contributed by atoms with Crippen LogP contribution in [-0.4, -0.2) is 4.98 Å². The molecule has 0 saturated carbocycles. The van der Waals surface area contributed by atoms with Crippen LogP contribution in [0.1, 0.15) is 30.5 Å². The summed E-state index contributed by atoms with van der Waals surface area (Å²) in [5.41, 5.74) is 9.40. The SMILES string of the molecule is CCc1ccc(C(C)(N)c2cccnc2)cc1. The van der Waals surface area contributed by atoms with E-state index in [0.717, 1.165) is 17.5 Å². The molecule has 1 aromatic heterocycles. The Balaban J connectivity index is 2.37. The molecule has 1 heterocycles. The first kappa shape index (κ1) is 11.8. The van der Waals surface area contributed by atoms with Crippen molar-refractivity contribution >= 4 is 0 Å². The molecule has 0 bridgehead atoms. The average molecular weight is 226 g/mol. The second-order valence-corrected chi connectivity index (χ2v) is 4.49. The Kier molecular flexibility index (Phi) is 3.25. The molecule has 0 amide bonds. The summed E-state index contributed by atoms with van der Waals surface area (Å²) in [7, 11) is 0. The lowest BCUT2D eigenvalue weighted by atomic mass is 9.86. The normalized spacial score (nSPS) is 14.3. The van der Waals surface area contributed by atoms with Gasteiger partial charge in [-0.1, -0.05) is 37.3 Å². The molecule has 2 aromatic rings. The number of rotatable bonds is 3. The van der Waals surface area contributed by atoms with Crippen LogP contribution in [0.5, 0.6) is 0 Å². The first-order valence-corrected chi connectivity index (χ1v) is 5.93. The van der Waals surface area contributed by atoms with E-state index in [4.69, 9.17) is 5.73 Å². The fraction of sp³-hybridized carbons (Fsp3) is 0.267. The van der Waals surface area contributed by atoms with E-state index in [-0.39, 0.29) is 0 Å². The molecule has 2 nitrogen and oxygen atoms in total. The molecule has 0 saturated heterocycles. The molecule has 0 aliphatic heterocycles. The van der Waals surface area contributed by atoms with Gasteiger partial charge in [0.1, 0.15) is 0 Å². The molecule has 0 aliphatic carbocycles. The molecule has 1 atom stereocenters. The Morgan fingerprint density at radius 2 is 1.82 bits per heavy atom. The van der Waals surface area contributed by atoms with Gasteiger partial charge >= 0.3 is 0 Å². The minimum Gasteiger partial charge on any atom is -0.318 e. The summed E-state index contributed by atoms with van der Waals surface area (Å²) in [6, 6.07) is 12.4. The lowest BCUT2D eigenvalue weighted by Crippen LogP contribution is -2.34. The van der Waals surface area contributed by atoms with E-state index in [0.29, 0.717) is 0 Å². The van der Waals surface area contributed by atoms with Gasteiger partial charge in [0.05, 0.1) is 5.54 Å². The molecule has 88 valence electrons. The predicted octanol–water partition coefficient (Wildman–Crippen LogP) is 2.87. The molecule has 2 N–H and O–H groups in total. The van der Waals surface area contributed by atoms with Gasteiger partial charge in [0.2, 0.25) is 0 Å². The van der Waals surface area contributed by atoms with Crippen molar-refractivity contribution in [3.8, 4) is 0 Å². The van der Waals surface area contributed by atoms with E-state index < -0.39 is 5.54 Å². The largest absolute Gasteiger partial charge is 0.318 e. The second kappa shape index (κ2) is 4.68. The number of aryl methyl sites for hydroxylation is 1. The molecule has 1 unspecified atom stereocenters. The zero-order valence-corrected chi connectivity index (χ0v) is 10.4. The van der Waals surface area contributed by atoms with Crippen molar-refractivity contribution in [2.75, 3.05) is 0 Å². The molecule has 0 spiro atoms. The molecular weight excluding hydrogens is 208 g/mol. The van der Waals surface area contributed by atoms with Crippen molar-refractivity contribution in [1.29, 1.82) is 0 Å². The average Bonchev–Trinajstić information content (AvgIpc) is 2.40. The van der Waals surface area contributed by atoms with Crippen LogP contribution in [-0.2, 0) is 12.0 Å². The quantitative estimate of drug-likeness (QED) is 0.874. The smallest absolute Gasteiger partial charge is 0.0652 e. The summed E-state index contributed by atoms with van der Waals surface area (Å²) in [6.07, 6.45) is 4.64. The van der Waals surface area contributed by atoms with Crippen molar-refractivity contribution in [3.63, 3.8) is 0 Å². The van der Waals surface area contributed by atoms with Crippen LogP contribution in [0.15, 0.2) is 48.8 Å². The Hall–Kier alpha value is -1.67. The van der Waals surface area contributed by atoms with Crippen LogP contribution in [0.3, 0.4) is 0 Å². The van der Waals surface area contributed by atoms with E-state index >= 15 is 0 Å². The number of pyridine rings is 1. The van der Waals surface area contributed by atoms with E-state index in [1.165, 1.54) is 5.56 Å². The van der Waals surface area contributed by atoms with Crippen molar-refractivity contribution < 1.29 is 0 Å². The fourth-order valence-electron chi connectivity index (χ4n) is 1.92. The summed E-state index contributed by atoms with van der Waals surface area (Å²) >= 11 is 0. The van der Waals surface area contributed by atoms with Gasteiger partial charge in [0.15, 0.2) is 0 Å². The van der Waals surface area contributed by atoms with Crippen LogP contribution >= 0.6 is 0 Å². The maximum atomic E-state index is 6.41. The Bertz CT molecular complexity index is 472. The minimum atomic E-state index is -0.486. The summed E-state index contributed by atoms with van der Waals surface area (Å²) in [5, 5.41) is 0. The maximum absolute atomic E-state index is 6.41. The van der Waals surface area contributed by atoms with Gasteiger partial charge in [0.25, 0.3) is 0 Å². The molecule has 1 aromatic carbocycles. The Morgan fingerprint density at radius 3 is 2.35 bits per heavy atom. The number of benzene rings is 1. The first-order valence-electron chi connectivity index (χ1n) is 5.93. The minimum absolute atomic E-state index is 0.486. The third kappa shape index (κ3) is 2.37. The highest BCUT2D eigenvalue weighted by atomic mass is 14.7. The predicted molar refractivity (Wildman–Crippen MR) is 70.7 cm³/mol. The van der Waals surface area contributed by atoms with Gasteiger partial charge in [0, 0.05) is 12.4 Å². The lowest BCUT2D eigenvalue weighted by molar-refractivity contribution is 0.600. The lowest BCUT2D eigenvalue weighted by Gasteiger charge is -2.25. The van der Waals surface area contributed by atoms with Gasteiger partial charge in [-0.3, -0.25) is 4.98 Å². The number of hydrogen-bond acceptors (Lipinski definition) is 2. The van der Waals surface area contributed by atoms with Gasteiger partial charge in [-0.15, -0.1) is 0 Å². The molecule has 0 aliphatic rings.